The van der Waals surface area contributed by atoms with E-state index in [9.17, 15) is 19.7 Å². The molecule has 0 bridgehead atoms. The number of carbonyl (C=O) groups excluding carboxylic acids is 2. The molecular weight excluding hydrogens is 438 g/mol. The molecule has 0 N–H and O–H groups in total. The minimum Gasteiger partial charge on any atom is -0.494 e. The predicted molar refractivity (Wildman–Crippen MR) is 123 cm³/mol. The van der Waals surface area contributed by atoms with Crippen molar-refractivity contribution in [2.45, 2.75) is 19.1 Å². The van der Waals surface area contributed by atoms with Gasteiger partial charge in [-0.1, -0.05) is 30.3 Å². The predicted octanol–water partition coefficient (Wildman–Crippen LogP) is 4.04. The normalized spacial score (nSPS) is 21.6. The fraction of sp³-hybridized carbons (Fsp3) is 0.200. The van der Waals surface area contributed by atoms with Gasteiger partial charge in [-0.15, -0.1) is 0 Å². The number of anilines is 2. The summed E-state index contributed by atoms with van der Waals surface area (Å²) in [7, 11) is 0. The van der Waals surface area contributed by atoms with E-state index < -0.39 is 34.8 Å². The number of benzene rings is 3. The van der Waals surface area contributed by atoms with Gasteiger partial charge in [-0.3, -0.25) is 24.5 Å². The molecule has 172 valence electrons. The number of nitrogens with zero attached hydrogens (tertiary/aromatic N) is 3. The van der Waals surface area contributed by atoms with Crippen LogP contribution in [0.3, 0.4) is 0 Å². The number of imide groups is 1. The van der Waals surface area contributed by atoms with Crippen molar-refractivity contribution in [3.63, 3.8) is 0 Å². The van der Waals surface area contributed by atoms with Gasteiger partial charge in [0.25, 0.3) is 11.6 Å². The Morgan fingerprint density at radius 1 is 0.912 bits per heavy atom. The molecule has 0 unspecified atom stereocenters. The summed E-state index contributed by atoms with van der Waals surface area (Å²) in [5.74, 6) is -1.32. The van der Waals surface area contributed by atoms with E-state index in [2.05, 4.69) is 0 Å². The SMILES string of the molecule is CCOc1ccc(N2C(=O)[C@H]3[C@@H](c4ccccc4[N+](=O)[O-])N(c4ccccc4)O[C@H]3C2=O)cc1. The van der Waals surface area contributed by atoms with Crippen LogP contribution in [0.4, 0.5) is 17.1 Å². The maximum atomic E-state index is 13.6. The Morgan fingerprint density at radius 3 is 2.26 bits per heavy atom. The Kier molecular flexibility index (Phi) is 5.46. The summed E-state index contributed by atoms with van der Waals surface area (Å²) < 4.78 is 5.44. The fourth-order valence-electron chi connectivity index (χ4n) is 4.55. The van der Waals surface area contributed by atoms with Gasteiger partial charge in [0.1, 0.15) is 17.7 Å². The lowest BCUT2D eigenvalue weighted by molar-refractivity contribution is -0.385. The van der Waals surface area contributed by atoms with E-state index in [4.69, 9.17) is 9.57 Å². The second-order valence-electron chi connectivity index (χ2n) is 7.91. The van der Waals surface area contributed by atoms with Gasteiger partial charge < -0.3 is 4.74 Å². The van der Waals surface area contributed by atoms with Crippen LogP contribution in [0.15, 0.2) is 78.9 Å². The lowest BCUT2D eigenvalue weighted by Crippen LogP contribution is -2.37. The van der Waals surface area contributed by atoms with Crippen LogP contribution in [0.5, 0.6) is 5.75 Å². The maximum Gasteiger partial charge on any atom is 0.274 e. The van der Waals surface area contributed by atoms with E-state index in [1.807, 2.05) is 13.0 Å². The van der Waals surface area contributed by atoms with Gasteiger partial charge in [0.15, 0.2) is 6.10 Å². The second kappa shape index (κ2) is 8.60. The molecule has 3 aromatic carbocycles. The molecule has 0 spiro atoms. The minimum atomic E-state index is -1.11. The van der Waals surface area contributed by atoms with Crippen LogP contribution in [-0.2, 0) is 14.4 Å². The van der Waals surface area contributed by atoms with Crippen molar-refractivity contribution in [1.29, 1.82) is 0 Å². The number of hydrogen-bond acceptors (Lipinski definition) is 7. The second-order valence-corrected chi connectivity index (χ2v) is 7.91. The number of ether oxygens (including phenoxy) is 1. The molecule has 2 saturated heterocycles. The molecule has 9 nitrogen and oxygen atoms in total. The summed E-state index contributed by atoms with van der Waals surface area (Å²) in [6.07, 6.45) is -1.11. The zero-order valence-corrected chi connectivity index (χ0v) is 18.2. The van der Waals surface area contributed by atoms with Crippen LogP contribution in [0.2, 0.25) is 0 Å². The van der Waals surface area contributed by atoms with Crippen LogP contribution < -0.4 is 14.7 Å². The number of rotatable bonds is 6. The first-order chi connectivity index (χ1) is 16.5. The number of amides is 2. The third-order valence-electron chi connectivity index (χ3n) is 5.98. The Balaban J connectivity index is 1.58. The highest BCUT2D eigenvalue weighted by molar-refractivity contribution is 6.24. The Labute approximate surface area is 195 Å². The molecule has 2 heterocycles. The molecule has 34 heavy (non-hydrogen) atoms. The molecule has 3 aromatic rings. The average Bonchev–Trinajstić information content (AvgIpc) is 3.36. The monoisotopic (exact) mass is 459 g/mol. The topological polar surface area (TPSA) is 102 Å². The van der Waals surface area contributed by atoms with Gasteiger partial charge in [-0.05, 0) is 49.4 Å². The number of hydroxylamine groups is 1. The third-order valence-corrected chi connectivity index (χ3v) is 5.98. The van der Waals surface area contributed by atoms with Gasteiger partial charge in [0.2, 0.25) is 5.91 Å². The van der Waals surface area contributed by atoms with E-state index in [0.717, 1.165) is 4.90 Å². The van der Waals surface area contributed by atoms with Crippen molar-refractivity contribution in [2.75, 3.05) is 16.6 Å². The number of carbonyl (C=O) groups is 2. The van der Waals surface area contributed by atoms with Crippen molar-refractivity contribution in [3.05, 3.63) is 94.5 Å². The van der Waals surface area contributed by atoms with E-state index >= 15 is 0 Å². The number of para-hydroxylation sites is 2. The molecule has 9 heteroatoms. The summed E-state index contributed by atoms with van der Waals surface area (Å²) in [6, 6.07) is 20.9. The van der Waals surface area contributed by atoms with Crippen LogP contribution in [0, 0.1) is 16.0 Å². The minimum absolute atomic E-state index is 0.141. The van der Waals surface area contributed by atoms with Crippen LogP contribution >= 0.6 is 0 Å². The summed E-state index contributed by atoms with van der Waals surface area (Å²) in [6.45, 7) is 2.35. The molecule has 3 atom stereocenters. The first-order valence-corrected chi connectivity index (χ1v) is 10.9. The number of hydrogen-bond donors (Lipinski definition) is 0. The van der Waals surface area contributed by atoms with E-state index in [1.165, 1.54) is 11.1 Å². The van der Waals surface area contributed by atoms with Crippen LogP contribution in [-0.4, -0.2) is 29.4 Å². The zero-order valence-electron chi connectivity index (χ0n) is 18.2. The van der Waals surface area contributed by atoms with Crippen molar-refractivity contribution in [3.8, 4) is 5.75 Å². The van der Waals surface area contributed by atoms with Crippen molar-refractivity contribution in [2.24, 2.45) is 5.92 Å². The van der Waals surface area contributed by atoms with Crippen molar-refractivity contribution in [1.82, 2.24) is 0 Å². The summed E-state index contributed by atoms with van der Waals surface area (Å²) >= 11 is 0. The molecule has 0 radical (unpaired) electrons. The van der Waals surface area contributed by atoms with Gasteiger partial charge in [-0.2, -0.15) is 0 Å². The number of nitro groups is 1. The lowest BCUT2D eigenvalue weighted by Gasteiger charge is -2.28. The largest absolute Gasteiger partial charge is 0.494 e. The van der Waals surface area contributed by atoms with Gasteiger partial charge in [-0.25, -0.2) is 9.96 Å². The number of fused-ring (bicyclic) bond motifs is 1. The van der Waals surface area contributed by atoms with E-state index in [0.29, 0.717) is 29.3 Å². The molecular formula is C25H21N3O6. The van der Waals surface area contributed by atoms with E-state index in [-0.39, 0.29) is 5.69 Å². The molecule has 0 aromatic heterocycles. The number of nitro benzene ring substituents is 1. The Hall–Kier alpha value is -4.24. The molecule has 0 saturated carbocycles. The smallest absolute Gasteiger partial charge is 0.274 e. The molecule has 0 aliphatic carbocycles. The Morgan fingerprint density at radius 2 is 1.59 bits per heavy atom. The highest BCUT2D eigenvalue weighted by Crippen LogP contribution is 2.49. The fourth-order valence-corrected chi connectivity index (χ4v) is 4.55. The quantitative estimate of drug-likeness (QED) is 0.311. The molecule has 2 aliphatic rings. The van der Waals surface area contributed by atoms with E-state index in [1.54, 1.807) is 66.7 Å². The van der Waals surface area contributed by atoms with Gasteiger partial charge >= 0.3 is 0 Å². The zero-order chi connectivity index (χ0) is 23.8. The maximum absolute atomic E-state index is 13.6. The molecule has 2 amide bonds. The highest BCUT2D eigenvalue weighted by atomic mass is 16.7. The average molecular weight is 459 g/mol. The standard InChI is InChI=1S/C25H21N3O6/c1-2-33-18-14-12-16(13-15-18)26-24(29)21-22(19-10-6-7-11-20(19)28(31)32)27(34-23(21)25(26)30)17-8-4-3-5-9-17/h3-15,21-23H,2H2,1H3/t21-,22+,23+/m0/s1. The van der Waals surface area contributed by atoms with Crippen LogP contribution in [0.25, 0.3) is 0 Å². The molecule has 5 rings (SSSR count). The summed E-state index contributed by atoms with van der Waals surface area (Å²) in [4.78, 5) is 45.5. The molecule has 2 aliphatic heterocycles. The van der Waals surface area contributed by atoms with Crippen molar-refractivity contribution < 1.29 is 24.1 Å². The van der Waals surface area contributed by atoms with Crippen LogP contribution in [0.1, 0.15) is 18.5 Å². The molecule has 2 fully saturated rings. The van der Waals surface area contributed by atoms with Crippen molar-refractivity contribution >= 4 is 28.9 Å². The van der Waals surface area contributed by atoms with Gasteiger partial charge in [0.05, 0.1) is 28.5 Å². The summed E-state index contributed by atoms with van der Waals surface area (Å²) in [5.41, 5.74) is 1.15. The first-order valence-electron chi connectivity index (χ1n) is 10.9. The third kappa shape index (κ3) is 3.46. The summed E-state index contributed by atoms with van der Waals surface area (Å²) in [5, 5.41) is 13.3. The van der Waals surface area contributed by atoms with Gasteiger partial charge in [0, 0.05) is 6.07 Å². The highest BCUT2D eigenvalue weighted by Gasteiger charge is 2.61. The lowest BCUT2D eigenvalue weighted by atomic mass is 9.89. The first kappa shape index (κ1) is 21.6. The Bertz CT molecular complexity index is 1250.